The zero-order valence-corrected chi connectivity index (χ0v) is 16.3. The van der Waals surface area contributed by atoms with E-state index in [-0.39, 0.29) is 17.5 Å². The number of carbonyl (C=O) groups excluding carboxylic acids is 2. The molecule has 2 bridgehead atoms. The summed E-state index contributed by atoms with van der Waals surface area (Å²) in [4.78, 5) is 28.0. The van der Waals surface area contributed by atoms with Crippen molar-refractivity contribution in [3.05, 3.63) is 11.8 Å². The van der Waals surface area contributed by atoms with E-state index in [4.69, 9.17) is 9.15 Å². The van der Waals surface area contributed by atoms with Gasteiger partial charge in [0.25, 0.3) is 0 Å². The number of alkyl carbamates (subject to hydrolysis) is 1. The molecule has 1 spiro atoms. The third-order valence-electron chi connectivity index (χ3n) is 5.73. The van der Waals surface area contributed by atoms with E-state index in [0.29, 0.717) is 30.8 Å². The number of nitrogens with one attached hydrogen (secondary N) is 1. The van der Waals surface area contributed by atoms with E-state index in [1.165, 1.54) is 0 Å². The lowest BCUT2D eigenvalue weighted by Gasteiger charge is -2.35. The minimum absolute atomic E-state index is 0.0418. The quantitative estimate of drug-likeness (QED) is 0.862. The summed E-state index contributed by atoms with van der Waals surface area (Å²) in [6, 6.07) is 0.197. The molecule has 4 rings (SSSR count). The first-order valence-electron chi connectivity index (χ1n) is 9.51. The lowest BCUT2D eigenvalue weighted by atomic mass is 9.85. The van der Waals surface area contributed by atoms with E-state index in [0.717, 1.165) is 25.8 Å². The van der Waals surface area contributed by atoms with Crippen LogP contribution in [0.4, 0.5) is 9.59 Å². The van der Waals surface area contributed by atoms with Crippen LogP contribution in [0, 0.1) is 5.41 Å². The molecule has 0 radical (unpaired) electrons. The highest BCUT2D eigenvalue weighted by Gasteiger charge is 2.62. The number of rotatable bonds is 4. The van der Waals surface area contributed by atoms with E-state index in [9.17, 15) is 9.59 Å². The third kappa shape index (κ3) is 3.35. The van der Waals surface area contributed by atoms with Gasteiger partial charge in [-0.2, -0.15) is 0 Å². The number of nitrogens with zero attached hydrogens (tertiary/aromatic N) is 4. The van der Waals surface area contributed by atoms with Gasteiger partial charge in [0, 0.05) is 26.6 Å². The highest BCUT2D eigenvalue weighted by atomic mass is 16.6. The molecule has 0 unspecified atom stereocenters. The lowest BCUT2D eigenvalue weighted by Crippen LogP contribution is -2.41. The van der Waals surface area contributed by atoms with Gasteiger partial charge in [-0.05, 0) is 45.4 Å². The van der Waals surface area contributed by atoms with Gasteiger partial charge in [-0.25, -0.2) is 9.59 Å². The van der Waals surface area contributed by atoms with Crippen LogP contribution < -0.4 is 5.32 Å². The summed E-state index contributed by atoms with van der Waals surface area (Å²) in [5.74, 6) is 0.948. The molecule has 3 aliphatic rings. The molecule has 1 aromatic heterocycles. The Morgan fingerprint density at radius 2 is 2.11 bits per heavy atom. The van der Waals surface area contributed by atoms with Crippen molar-refractivity contribution in [2.24, 2.45) is 5.41 Å². The fourth-order valence-corrected chi connectivity index (χ4v) is 4.23. The van der Waals surface area contributed by atoms with Crippen LogP contribution in [-0.2, 0) is 11.2 Å². The summed E-state index contributed by atoms with van der Waals surface area (Å²) in [6.07, 6.45) is 3.13. The van der Waals surface area contributed by atoms with Crippen LogP contribution in [0.1, 0.15) is 57.9 Å². The van der Waals surface area contributed by atoms with E-state index < -0.39 is 11.7 Å². The summed E-state index contributed by atoms with van der Waals surface area (Å²) in [5.41, 5.74) is -0.316. The van der Waals surface area contributed by atoms with Crippen molar-refractivity contribution in [1.82, 2.24) is 25.3 Å². The van der Waals surface area contributed by atoms with Gasteiger partial charge in [-0.1, -0.05) is 0 Å². The van der Waals surface area contributed by atoms with Crippen molar-refractivity contribution < 1.29 is 18.7 Å². The summed E-state index contributed by atoms with van der Waals surface area (Å²) in [6.45, 7) is 6.52. The average molecular weight is 377 g/mol. The summed E-state index contributed by atoms with van der Waals surface area (Å²) >= 11 is 0. The zero-order chi connectivity index (χ0) is 19.4. The number of piperidine rings is 1. The molecule has 3 fully saturated rings. The van der Waals surface area contributed by atoms with Crippen LogP contribution in [0.2, 0.25) is 0 Å². The van der Waals surface area contributed by atoms with Gasteiger partial charge in [0.1, 0.15) is 11.6 Å². The smallest absolute Gasteiger partial charge is 0.407 e. The summed E-state index contributed by atoms with van der Waals surface area (Å²) in [7, 11) is 1.89. The largest absolute Gasteiger partial charge is 0.444 e. The van der Waals surface area contributed by atoms with Gasteiger partial charge >= 0.3 is 12.1 Å². The van der Waals surface area contributed by atoms with Gasteiger partial charge in [0.15, 0.2) is 0 Å². The van der Waals surface area contributed by atoms with Crippen LogP contribution in [0.3, 0.4) is 0 Å². The van der Waals surface area contributed by atoms with E-state index in [1.807, 2.05) is 37.6 Å². The highest BCUT2D eigenvalue weighted by Crippen LogP contribution is 2.61. The van der Waals surface area contributed by atoms with Crippen molar-refractivity contribution in [2.75, 3.05) is 20.1 Å². The molecule has 1 N–H and O–H groups in total. The first-order chi connectivity index (χ1) is 12.7. The maximum atomic E-state index is 12.6. The predicted octanol–water partition coefficient (Wildman–Crippen LogP) is 2.10. The standard InChI is InChI=1S/C18H27N5O4/c1-17(2,3)27-15(24)19-8-5-13-20-21-14(26-13)11-9-18(6-7-18)12-10-23(11)16(25)22(12)4/h11-12H,5-10H2,1-4H3,(H,19,24)/t11-,12-/m0/s1. The van der Waals surface area contributed by atoms with Crippen molar-refractivity contribution in [2.45, 2.75) is 64.1 Å². The molecule has 0 aromatic carbocycles. The number of hydrogen-bond acceptors (Lipinski definition) is 6. The van der Waals surface area contributed by atoms with Gasteiger partial charge < -0.3 is 24.3 Å². The topological polar surface area (TPSA) is 101 Å². The minimum Gasteiger partial charge on any atom is -0.444 e. The number of ether oxygens (including phenoxy) is 1. The molecule has 9 heteroatoms. The predicted molar refractivity (Wildman–Crippen MR) is 94.9 cm³/mol. The third-order valence-corrected chi connectivity index (χ3v) is 5.73. The molecule has 3 heterocycles. The zero-order valence-electron chi connectivity index (χ0n) is 16.3. The number of hydrogen-bond donors (Lipinski definition) is 1. The summed E-state index contributed by atoms with van der Waals surface area (Å²) in [5, 5.41) is 11.0. The molecular weight excluding hydrogens is 350 g/mol. The number of urea groups is 1. The monoisotopic (exact) mass is 377 g/mol. The van der Waals surface area contributed by atoms with Gasteiger partial charge in [-0.15, -0.1) is 10.2 Å². The first-order valence-corrected chi connectivity index (χ1v) is 9.51. The Labute approximate surface area is 158 Å². The van der Waals surface area contributed by atoms with Crippen LogP contribution in [0.25, 0.3) is 0 Å². The molecule has 3 amide bonds. The van der Waals surface area contributed by atoms with Gasteiger partial charge in [0.05, 0.1) is 6.04 Å². The van der Waals surface area contributed by atoms with Crippen LogP contribution in [0.15, 0.2) is 4.42 Å². The maximum Gasteiger partial charge on any atom is 0.407 e. The normalized spacial score (nSPS) is 25.9. The number of amides is 3. The van der Waals surface area contributed by atoms with Gasteiger partial charge in [-0.3, -0.25) is 0 Å². The number of carbonyl (C=O) groups is 2. The van der Waals surface area contributed by atoms with Crippen molar-refractivity contribution in [1.29, 1.82) is 0 Å². The Bertz CT molecular complexity index is 751. The Hall–Kier alpha value is -2.32. The fourth-order valence-electron chi connectivity index (χ4n) is 4.23. The minimum atomic E-state index is -0.533. The number of aromatic nitrogens is 2. The molecule has 1 aromatic rings. The van der Waals surface area contributed by atoms with E-state index in [2.05, 4.69) is 15.5 Å². The molecule has 1 aliphatic carbocycles. The molecule has 148 valence electrons. The van der Waals surface area contributed by atoms with Crippen molar-refractivity contribution >= 4 is 12.1 Å². The van der Waals surface area contributed by atoms with Crippen molar-refractivity contribution in [3.63, 3.8) is 0 Å². The highest BCUT2D eigenvalue weighted by molar-refractivity contribution is 5.78. The Balaban J connectivity index is 1.37. The summed E-state index contributed by atoms with van der Waals surface area (Å²) < 4.78 is 11.0. The molecule has 2 atom stereocenters. The molecule has 2 saturated heterocycles. The second-order valence-electron chi connectivity index (χ2n) is 8.86. The Morgan fingerprint density at radius 3 is 2.78 bits per heavy atom. The molecule has 27 heavy (non-hydrogen) atoms. The molecule has 2 aliphatic heterocycles. The van der Waals surface area contributed by atoms with Crippen LogP contribution in [-0.4, -0.2) is 63.9 Å². The molecule has 9 nitrogen and oxygen atoms in total. The first kappa shape index (κ1) is 18.1. The van der Waals surface area contributed by atoms with Gasteiger partial charge in [0.2, 0.25) is 11.8 Å². The second kappa shape index (κ2) is 6.10. The maximum absolute atomic E-state index is 12.6. The Kier molecular flexibility index (Phi) is 4.08. The van der Waals surface area contributed by atoms with Crippen LogP contribution in [0.5, 0.6) is 0 Å². The number of likely N-dealkylation sites (N-methyl/N-ethyl adjacent to an activating group) is 1. The molecule has 1 saturated carbocycles. The second-order valence-corrected chi connectivity index (χ2v) is 8.86. The molecular formula is C18H27N5O4. The Morgan fingerprint density at radius 1 is 1.37 bits per heavy atom. The van der Waals surface area contributed by atoms with Crippen molar-refractivity contribution in [3.8, 4) is 0 Å². The fraction of sp³-hybridized carbons (Fsp3) is 0.778. The SMILES string of the molecule is CN1C(=O)N2C[C@H]1C1(CC1)C[C@H]2c1nnc(CCNC(=O)OC(C)(C)C)o1. The number of fused-ring (bicyclic) bond motifs is 3. The van der Waals surface area contributed by atoms with E-state index >= 15 is 0 Å². The van der Waals surface area contributed by atoms with Crippen LogP contribution >= 0.6 is 0 Å². The lowest BCUT2D eigenvalue weighted by molar-refractivity contribution is 0.0527. The van der Waals surface area contributed by atoms with E-state index in [1.54, 1.807) is 0 Å². The average Bonchev–Trinajstić information content (AvgIpc) is 3.08.